The molecule has 0 spiro atoms. The minimum Gasteiger partial charge on any atom is -0.480 e. The number of alkyl carbamates (subject to hydrolysis) is 1. The number of benzene rings is 2. The molecule has 1 fully saturated rings. The van der Waals surface area contributed by atoms with Crippen LogP contribution in [0.4, 0.5) is 9.59 Å². The number of carbonyl (C=O) groups is 3. The molecule has 0 saturated carbocycles. The Bertz CT molecular complexity index is 1060. The number of likely N-dealkylation sites (tertiary alicyclic amines) is 1. The van der Waals surface area contributed by atoms with Gasteiger partial charge in [0.1, 0.15) is 18.2 Å². The molecule has 2 aliphatic rings. The zero-order chi connectivity index (χ0) is 25.2. The van der Waals surface area contributed by atoms with E-state index in [-0.39, 0.29) is 25.0 Å². The van der Waals surface area contributed by atoms with Crippen LogP contribution in [-0.2, 0) is 14.3 Å². The quantitative estimate of drug-likeness (QED) is 0.617. The van der Waals surface area contributed by atoms with E-state index >= 15 is 0 Å². The van der Waals surface area contributed by atoms with E-state index in [0.717, 1.165) is 28.7 Å². The van der Waals surface area contributed by atoms with Crippen LogP contribution in [0.2, 0.25) is 0 Å². The van der Waals surface area contributed by atoms with E-state index in [1.807, 2.05) is 48.5 Å². The number of nitrogens with one attached hydrogen (secondary N) is 1. The van der Waals surface area contributed by atoms with Gasteiger partial charge in [-0.25, -0.2) is 14.4 Å². The molecule has 0 aromatic heterocycles. The number of carboxylic acids is 1. The second-order valence-electron chi connectivity index (χ2n) is 10.1. The lowest BCUT2D eigenvalue weighted by Crippen LogP contribution is -2.47. The topological polar surface area (TPSA) is 105 Å². The molecule has 4 rings (SSSR count). The molecule has 2 atom stereocenters. The van der Waals surface area contributed by atoms with Crippen LogP contribution in [0, 0.1) is 0 Å². The Morgan fingerprint density at radius 2 is 1.66 bits per heavy atom. The van der Waals surface area contributed by atoms with Gasteiger partial charge in [0.05, 0.1) is 0 Å². The minimum atomic E-state index is -1.18. The summed E-state index contributed by atoms with van der Waals surface area (Å²) in [5.41, 5.74) is 3.74. The fourth-order valence-electron chi connectivity index (χ4n) is 4.92. The monoisotopic (exact) mass is 480 g/mol. The van der Waals surface area contributed by atoms with Crippen molar-refractivity contribution in [3.8, 4) is 11.1 Å². The van der Waals surface area contributed by atoms with Crippen LogP contribution in [0.5, 0.6) is 0 Å². The van der Waals surface area contributed by atoms with Crippen LogP contribution < -0.4 is 5.32 Å². The third-order valence-electron chi connectivity index (χ3n) is 6.45. The van der Waals surface area contributed by atoms with Crippen molar-refractivity contribution in [1.29, 1.82) is 0 Å². The van der Waals surface area contributed by atoms with Crippen LogP contribution in [0.1, 0.15) is 57.1 Å². The number of fused-ring (bicyclic) bond motifs is 3. The third-order valence-corrected chi connectivity index (χ3v) is 6.45. The molecule has 0 radical (unpaired) electrons. The lowest BCUT2D eigenvalue weighted by molar-refractivity contribution is -0.139. The first-order valence-corrected chi connectivity index (χ1v) is 12.0. The van der Waals surface area contributed by atoms with Gasteiger partial charge >= 0.3 is 18.2 Å². The van der Waals surface area contributed by atoms with E-state index in [2.05, 4.69) is 5.32 Å². The van der Waals surface area contributed by atoms with Gasteiger partial charge in [0, 0.05) is 18.5 Å². The Kier molecular flexibility index (Phi) is 7.00. The highest BCUT2D eigenvalue weighted by molar-refractivity contribution is 5.81. The van der Waals surface area contributed by atoms with Gasteiger partial charge in [0.15, 0.2) is 0 Å². The van der Waals surface area contributed by atoms with Gasteiger partial charge in [-0.2, -0.15) is 0 Å². The maximum Gasteiger partial charge on any atom is 0.410 e. The highest BCUT2D eigenvalue weighted by atomic mass is 16.6. The molecule has 186 valence electrons. The first kappa shape index (κ1) is 24.6. The van der Waals surface area contributed by atoms with Crippen LogP contribution in [0.15, 0.2) is 48.5 Å². The molecular weight excluding hydrogens is 448 g/mol. The molecule has 0 unspecified atom stereocenters. The molecule has 2 aromatic carbocycles. The summed E-state index contributed by atoms with van der Waals surface area (Å²) in [5, 5.41) is 12.2. The van der Waals surface area contributed by atoms with Gasteiger partial charge in [-0.3, -0.25) is 0 Å². The third kappa shape index (κ3) is 5.58. The van der Waals surface area contributed by atoms with Crippen molar-refractivity contribution in [3.63, 3.8) is 0 Å². The first-order valence-electron chi connectivity index (χ1n) is 12.0. The number of hydrogen-bond donors (Lipinski definition) is 2. The van der Waals surface area contributed by atoms with E-state index in [4.69, 9.17) is 9.47 Å². The first-order chi connectivity index (χ1) is 16.6. The van der Waals surface area contributed by atoms with Crippen molar-refractivity contribution in [2.45, 2.75) is 63.6 Å². The molecule has 2 amide bonds. The average Bonchev–Trinajstić information content (AvgIpc) is 3.39. The largest absolute Gasteiger partial charge is 0.480 e. The maximum atomic E-state index is 12.6. The Balaban J connectivity index is 1.38. The SMILES string of the molecule is CC(C)(C)OC(=O)N1CCC[C@H]1C[C@@H](NC(=O)OCC1c2ccccc2-c2ccccc21)C(=O)O. The number of ether oxygens (including phenoxy) is 2. The maximum absolute atomic E-state index is 12.6. The molecular formula is C27H32N2O6. The molecule has 8 nitrogen and oxygen atoms in total. The Hall–Kier alpha value is -3.55. The van der Waals surface area contributed by atoms with Crippen molar-refractivity contribution in [3.05, 3.63) is 59.7 Å². The summed E-state index contributed by atoms with van der Waals surface area (Å²) in [6.07, 6.45) is 0.224. The normalized spacial score (nSPS) is 17.9. The van der Waals surface area contributed by atoms with E-state index < -0.39 is 29.8 Å². The fraction of sp³-hybridized carbons (Fsp3) is 0.444. The molecule has 0 bridgehead atoms. The lowest BCUT2D eigenvalue weighted by atomic mass is 9.98. The van der Waals surface area contributed by atoms with Crippen molar-refractivity contribution < 1.29 is 29.0 Å². The summed E-state index contributed by atoms with van der Waals surface area (Å²) in [5.74, 6) is -1.29. The summed E-state index contributed by atoms with van der Waals surface area (Å²) < 4.78 is 11.0. The molecule has 2 aromatic rings. The van der Waals surface area contributed by atoms with E-state index in [9.17, 15) is 19.5 Å². The standard InChI is InChI=1S/C27H32N2O6/c1-27(2,3)35-26(33)29-14-8-9-17(29)15-23(24(30)31)28-25(32)34-16-22-20-12-6-4-10-18(20)19-11-5-7-13-21(19)22/h4-7,10-13,17,22-23H,8-9,14-16H2,1-3H3,(H,28,32)(H,30,31)/t17-,23+/m0/s1. The molecule has 1 saturated heterocycles. The smallest absolute Gasteiger partial charge is 0.410 e. The van der Waals surface area contributed by atoms with E-state index in [1.54, 1.807) is 25.7 Å². The number of carboxylic acid groups (broad SMARTS) is 1. The Morgan fingerprint density at radius 3 is 2.23 bits per heavy atom. The second kappa shape index (κ2) is 9.98. The highest BCUT2D eigenvalue weighted by Crippen LogP contribution is 2.44. The van der Waals surface area contributed by atoms with Crippen LogP contribution in [-0.4, -0.2) is 59.0 Å². The molecule has 1 aliphatic carbocycles. The van der Waals surface area contributed by atoms with Crippen molar-refractivity contribution in [2.75, 3.05) is 13.2 Å². The van der Waals surface area contributed by atoms with Gasteiger partial charge in [-0.05, 0) is 62.3 Å². The van der Waals surface area contributed by atoms with E-state index in [1.165, 1.54) is 0 Å². The van der Waals surface area contributed by atoms with Gasteiger partial charge in [0.25, 0.3) is 0 Å². The molecule has 1 heterocycles. The zero-order valence-corrected chi connectivity index (χ0v) is 20.3. The number of amides is 2. The minimum absolute atomic E-state index is 0.0821. The summed E-state index contributed by atoms with van der Waals surface area (Å²) >= 11 is 0. The van der Waals surface area contributed by atoms with Gasteiger partial charge < -0.3 is 24.8 Å². The Morgan fingerprint density at radius 1 is 1.06 bits per heavy atom. The van der Waals surface area contributed by atoms with Crippen LogP contribution in [0.25, 0.3) is 11.1 Å². The lowest BCUT2D eigenvalue weighted by Gasteiger charge is -2.30. The fourth-order valence-corrected chi connectivity index (χ4v) is 4.92. The predicted octanol–water partition coefficient (Wildman–Crippen LogP) is 4.77. The summed E-state index contributed by atoms with van der Waals surface area (Å²) in [6.45, 7) is 5.95. The second-order valence-corrected chi connectivity index (χ2v) is 10.1. The van der Waals surface area contributed by atoms with E-state index in [0.29, 0.717) is 13.0 Å². The van der Waals surface area contributed by atoms with Gasteiger partial charge in [-0.15, -0.1) is 0 Å². The summed E-state index contributed by atoms with van der Waals surface area (Å²) in [4.78, 5) is 38.6. The number of carbonyl (C=O) groups excluding carboxylic acids is 2. The predicted molar refractivity (Wildman–Crippen MR) is 130 cm³/mol. The average molecular weight is 481 g/mol. The molecule has 2 N–H and O–H groups in total. The molecule has 8 heteroatoms. The molecule has 1 aliphatic heterocycles. The summed E-state index contributed by atoms with van der Waals surface area (Å²) in [7, 11) is 0. The highest BCUT2D eigenvalue weighted by Gasteiger charge is 2.36. The van der Waals surface area contributed by atoms with Gasteiger partial charge in [0.2, 0.25) is 0 Å². The van der Waals surface area contributed by atoms with Crippen molar-refractivity contribution in [1.82, 2.24) is 10.2 Å². The Labute approximate surface area is 205 Å². The van der Waals surface area contributed by atoms with Crippen molar-refractivity contribution in [2.24, 2.45) is 0 Å². The zero-order valence-electron chi connectivity index (χ0n) is 20.3. The van der Waals surface area contributed by atoms with Gasteiger partial charge in [-0.1, -0.05) is 48.5 Å². The molecule has 35 heavy (non-hydrogen) atoms. The number of hydrogen-bond acceptors (Lipinski definition) is 5. The van der Waals surface area contributed by atoms with Crippen LogP contribution >= 0.6 is 0 Å². The summed E-state index contributed by atoms with van der Waals surface area (Å²) in [6, 6.07) is 14.5. The number of nitrogens with zero attached hydrogens (tertiary/aromatic N) is 1. The number of rotatable bonds is 6. The number of aliphatic carboxylic acids is 1. The van der Waals surface area contributed by atoms with Crippen LogP contribution in [0.3, 0.4) is 0 Å². The van der Waals surface area contributed by atoms with Crippen molar-refractivity contribution >= 4 is 18.2 Å².